The molecule has 0 amide bonds. The second kappa shape index (κ2) is 6.61. The number of hydrogen-bond donors (Lipinski definition) is 1. The van der Waals surface area contributed by atoms with Crippen LogP contribution < -0.4 is 15.2 Å². The van der Waals surface area contributed by atoms with Gasteiger partial charge in [0, 0.05) is 12.8 Å². The van der Waals surface area contributed by atoms with Crippen LogP contribution in [0.25, 0.3) is 0 Å². The van der Waals surface area contributed by atoms with E-state index >= 15 is 0 Å². The van der Waals surface area contributed by atoms with Gasteiger partial charge >= 0.3 is 0 Å². The van der Waals surface area contributed by atoms with Gasteiger partial charge in [-0.05, 0) is 36.7 Å². The van der Waals surface area contributed by atoms with Crippen molar-refractivity contribution in [3.8, 4) is 11.5 Å². The Morgan fingerprint density at radius 3 is 2.78 bits per heavy atom. The van der Waals surface area contributed by atoms with Crippen LogP contribution in [-0.4, -0.2) is 33.0 Å². The van der Waals surface area contributed by atoms with Crippen molar-refractivity contribution >= 4 is 0 Å². The van der Waals surface area contributed by atoms with Gasteiger partial charge in [0.05, 0.1) is 20.3 Å². The number of nitrogens with two attached hydrogens (primary N) is 1. The molecular weight excluding hydrogens is 230 g/mol. The van der Waals surface area contributed by atoms with E-state index in [1.165, 1.54) is 0 Å². The maximum Gasteiger partial charge on any atom is 0.123 e. The number of rotatable bonds is 5. The Balaban J connectivity index is 2.09. The predicted molar refractivity (Wildman–Crippen MR) is 70.2 cm³/mol. The van der Waals surface area contributed by atoms with E-state index < -0.39 is 0 Å². The first-order valence-corrected chi connectivity index (χ1v) is 6.45. The van der Waals surface area contributed by atoms with Crippen LogP contribution in [0.1, 0.15) is 18.4 Å². The molecule has 0 spiro atoms. The Labute approximate surface area is 108 Å². The van der Waals surface area contributed by atoms with Gasteiger partial charge in [-0.25, -0.2) is 0 Å². The summed E-state index contributed by atoms with van der Waals surface area (Å²) in [4.78, 5) is 0. The molecule has 4 heteroatoms. The Hall–Kier alpha value is -1.26. The molecule has 1 aliphatic rings. The highest BCUT2D eigenvalue weighted by atomic mass is 16.5. The molecule has 1 aromatic carbocycles. The molecule has 0 bridgehead atoms. The second-order valence-electron chi connectivity index (χ2n) is 4.44. The lowest BCUT2D eigenvalue weighted by Crippen LogP contribution is -2.26. The van der Waals surface area contributed by atoms with Crippen LogP contribution in [0.4, 0.5) is 0 Å². The number of ether oxygens (including phenoxy) is 3. The van der Waals surface area contributed by atoms with Crippen LogP contribution in [0.5, 0.6) is 11.5 Å². The van der Waals surface area contributed by atoms with Crippen molar-refractivity contribution in [2.45, 2.75) is 25.4 Å². The minimum Gasteiger partial charge on any atom is -0.497 e. The topological polar surface area (TPSA) is 53.7 Å². The SMILES string of the molecule is COc1ccc(OC2CCOCC2)c(CCN)c1. The van der Waals surface area contributed by atoms with Crippen LogP contribution in [0, 0.1) is 0 Å². The van der Waals surface area contributed by atoms with Crippen LogP contribution in [0.15, 0.2) is 18.2 Å². The largest absolute Gasteiger partial charge is 0.497 e. The minimum absolute atomic E-state index is 0.253. The molecule has 1 fully saturated rings. The minimum atomic E-state index is 0.253. The average molecular weight is 251 g/mol. The highest BCUT2D eigenvalue weighted by Gasteiger charge is 2.17. The molecule has 0 aliphatic carbocycles. The van der Waals surface area contributed by atoms with Gasteiger partial charge in [0.25, 0.3) is 0 Å². The smallest absolute Gasteiger partial charge is 0.123 e. The first-order chi connectivity index (χ1) is 8.83. The molecule has 2 rings (SSSR count). The zero-order chi connectivity index (χ0) is 12.8. The Morgan fingerprint density at radius 2 is 2.11 bits per heavy atom. The first-order valence-electron chi connectivity index (χ1n) is 6.45. The summed E-state index contributed by atoms with van der Waals surface area (Å²) in [5.74, 6) is 1.77. The quantitative estimate of drug-likeness (QED) is 0.866. The predicted octanol–water partition coefficient (Wildman–Crippen LogP) is 1.75. The lowest BCUT2D eigenvalue weighted by molar-refractivity contribution is 0.0252. The van der Waals surface area contributed by atoms with Crippen molar-refractivity contribution < 1.29 is 14.2 Å². The van der Waals surface area contributed by atoms with E-state index in [0.717, 1.165) is 49.5 Å². The number of hydrogen-bond acceptors (Lipinski definition) is 4. The highest BCUT2D eigenvalue weighted by Crippen LogP contribution is 2.27. The number of benzene rings is 1. The van der Waals surface area contributed by atoms with Gasteiger partial charge in [0.15, 0.2) is 0 Å². The van der Waals surface area contributed by atoms with E-state index in [0.29, 0.717) is 6.54 Å². The fourth-order valence-electron chi connectivity index (χ4n) is 2.12. The highest BCUT2D eigenvalue weighted by molar-refractivity contribution is 5.40. The third-order valence-electron chi connectivity index (χ3n) is 3.14. The molecule has 2 N–H and O–H groups in total. The fourth-order valence-corrected chi connectivity index (χ4v) is 2.12. The van der Waals surface area contributed by atoms with Gasteiger partial charge in [-0.1, -0.05) is 0 Å². The molecule has 100 valence electrons. The average Bonchev–Trinajstić information content (AvgIpc) is 2.42. The standard InChI is InChI=1S/C14H21NO3/c1-16-13-2-3-14(11(10-13)4-7-15)18-12-5-8-17-9-6-12/h2-3,10,12H,4-9,15H2,1H3. The second-order valence-corrected chi connectivity index (χ2v) is 4.44. The summed E-state index contributed by atoms with van der Waals surface area (Å²) < 4.78 is 16.6. The van der Waals surface area contributed by atoms with Crippen molar-refractivity contribution in [1.29, 1.82) is 0 Å². The molecule has 1 heterocycles. The molecule has 1 saturated heterocycles. The van der Waals surface area contributed by atoms with Crippen LogP contribution in [-0.2, 0) is 11.2 Å². The van der Waals surface area contributed by atoms with Gasteiger partial charge < -0.3 is 19.9 Å². The summed E-state index contributed by atoms with van der Waals surface area (Å²) in [5.41, 5.74) is 6.75. The maximum atomic E-state index is 6.05. The molecule has 0 atom stereocenters. The van der Waals surface area contributed by atoms with Crippen LogP contribution in [0.2, 0.25) is 0 Å². The molecule has 1 aliphatic heterocycles. The first kappa shape index (κ1) is 13.2. The molecule has 0 radical (unpaired) electrons. The van der Waals surface area contributed by atoms with Crippen LogP contribution >= 0.6 is 0 Å². The molecule has 0 aromatic heterocycles. The molecule has 4 nitrogen and oxygen atoms in total. The monoisotopic (exact) mass is 251 g/mol. The van der Waals surface area contributed by atoms with E-state index in [-0.39, 0.29) is 6.10 Å². The summed E-state index contributed by atoms with van der Waals surface area (Å²) in [6.07, 6.45) is 2.96. The molecule has 18 heavy (non-hydrogen) atoms. The van der Waals surface area contributed by atoms with Crippen LogP contribution in [0.3, 0.4) is 0 Å². The summed E-state index contributed by atoms with van der Waals surface area (Å²) in [6.45, 7) is 2.18. The van der Waals surface area contributed by atoms with Crippen molar-refractivity contribution in [3.05, 3.63) is 23.8 Å². The Kier molecular flexibility index (Phi) is 4.84. The summed E-state index contributed by atoms with van der Waals surface area (Å²) in [5, 5.41) is 0. The van der Waals surface area contributed by atoms with E-state index in [2.05, 4.69) is 0 Å². The Morgan fingerprint density at radius 1 is 1.33 bits per heavy atom. The maximum absolute atomic E-state index is 6.05. The van der Waals surface area contributed by atoms with Gasteiger partial charge in [0.2, 0.25) is 0 Å². The van der Waals surface area contributed by atoms with Crippen molar-refractivity contribution in [3.63, 3.8) is 0 Å². The third-order valence-corrected chi connectivity index (χ3v) is 3.14. The zero-order valence-corrected chi connectivity index (χ0v) is 10.9. The molecule has 1 aromatic rings. The van der Waals surface area contributed by atoms with E-state index in [1.54, 1.807) is 7.11 Å². The third kappa shape index (κ3) is 3.37. The zero-order valence-electron chi connectivity index (χ0n) is 10.9. The number of methoxy groups -OCH3 is 1. The van der Waals surface area contributed by atoms with Gasteiger partial charge in [-0.3, -0.25) is 0 Å². The lowest BCUT2D eigenvalue weighted by atomic mass is 10.1. The molecule has 0 saturated carbocycles. The van der Waals surface area contributed by atoms with Crippen molar-refractivity contribution in [2.24, 2.45) is 5.73 Å². The van der Waals surface area contributed by atoms with Crippen molar-refractivity contribution in [2.75, 3.05) is 26.9 Å². The lowest BCUT2D eigenvalue weighted by Gasteiger charge is -2.24. The summed E-state index contributed by atoms with van der Waals surface area (Å²) in [6, 6.07) is 5.90. The van der Waals surface area contributed by atoms with E-state index in [1.807, 2.05) is 18.2 Å². The van der Waals surface area contributed by atoms with Gasteiger partial charge in [0.1, 0.15) is 17.6 Å². The van der Waals surface area contributed by atoms with Gasteiger partial charge in [-0.2, -0.15) is 0 Å². The summed E-state index contributed by atoms with van der Waals surface area (Å²) in [7, 11) is 1.67. The molecule has 0 unspecified atom stereocenters. The summed E-state index contributed by atoms with van der Waals surface area (Å²) >= 11 is 0. The van der Waals surface area contributed by atoms with E-state index in [9.17, 15) is 0 Å². The van der Waals surface area contributed by atoms with Crippen molar-refractivity contribution in [1.82, 2.24) is 0 Å². The normalized spacial score (nSPS) is 16.6. The fraction of sp³-hybridized carbons (Fsp3) is 0.571. The molecular formula is C14H21NO3. The van der Waals surface area contributed by atoms with Gasteiger partial charge in [-0.15, -0.1) is 0 Å². The van der Waals surface area contributed by atoms with E-state index in [4.69, 9.17) is 19.9 Å². The Bertz CT molecular complexity index is 375.